The van der Waals surface area contributed by atoms with Gasteiger partial charge < -0.3 is 9.84 Å². The topological polar surface area (TPSA) is 59.4 Å². The average molecular weight is 181 g/mol. The van der Waals surface area contributed by atoms with Gasteiger partial charge in [-0.25, -0.2) is 0 Å². The van der Waals surface area contributed by atoms with Crippen molar-refractivity contribution in [2.45, 2.75) is 13.0 Å². The summed E-state index contributed by atoms with van der Waals surface area (Å²) < 4.78 is 4.49. The van der Waals surface area contributed by atoms with Gasteiger partial charge in [0.25, 0.3) is 0 Å². The summed E-state index contributed by atoms with van der Waals surface area (Å²) in [6, 6.07) is 5.16. The number of aliphatic hydroxyl groups excluding tert-OH is 1. The molecule has 1 heterocycles. The number of carbonyl (C=O) groups excluding carboxylic acids is 1. The SMILES string of the molecule is COC(=O)Cc1cccc(CO)n1. The third kappa shape index (κ3) is 2.83. The smallest absolute Gasteiger partial charge is 0.311 e. The van der Waals surface area contributed by atoms with E-state index in [4.69, 9.17) is 5.11 Å². The van der Waals surface area contributed by atoms with Gasteiger partial charge in [-0.15, -0.1) is 0 Å². The first kappa shape index (κ1) is 9.67. The van der Waals surface area contributed by atoms with Crippen molar-refractivity contribution in [2.24, 2.45) is 0 Å². The van der Waals surface area contributed by atoms with Crippen LogP contribution in [-0.4, -0.2) is 23.2 Å². The highest BCUT2D eigenvalue weighted by Gasteiger charge is 2.03. The summed E-state index contributed by atoms with van der Waals surface area (Å²) in [6.45, 7) is -0.116. The number of methoxy groups -OCH3 is 1. The summed E-state index contributed by atoms with van der Waals surface area (Å²) >= 11 is 0. The van der Waals surface area contributed by atoms with Crippen molar-refractivity contribution >= 4 is 5.97 Å². The molecule has 0 saturated heterocycles. The van der Waals surface area contributed by atoms with Crippen LogP contribution < -0.4 is 0 Å². The van der Waals surface area contributed by atoms with E-state index in [1.54, 1.807) is 18.2 Å². The first-order chi connectivity index (χ1) is 6.26. The highest BCUT2D eigenvalue weighted by atomic mass is 16.5. The molecule has 13 heavy (non-hydrogen) atoms. The molecule has 4 heteroatoms. The number of rotatable bonds is 3. The van der Waals surface area contributed by atoms with Gasteiger partial charge in [-0.2, -0.15) is 0 Å². The Morgan fingerprint density at radius 3 is 2.85 bits per heavy atom. The summed E-state index contributed by atoms with van der Waals surface area (Å²) in [5.74, 6) is -0.331. The van der Waals surface area contributed by atoms with Crippen molar-refractivity contribution in [1.29, 1.82) is 0 Å². The molecule has 0 aliphatic rings. The molecular weight excluding hydrogens is 170 g/mol. The van der Waals surface area contributed by atoms with Crippen LogP contribution >= 0.6 is 0 Å². The van der Waals surface area contributed by atoms with Gasteiger partial charge in [-0.05, 0) is 12.1 Å². The van der Waals surface area contributed by atoms with Crippen LogP contribution in [-0.2, 0) is 22.6 Å². The molecular formula is C9H11NO3. The monoisotopic (exact) mass is 181 g/mol. The molecule has 4 nitrogen and oxygen atoms in total. The molecule has 1 aromatic heterocycles. The van der Waals surface area contributed by atoms with E-state index in [9.17, 15) is 4.79 Å². The van der Waals surface area contributed by atoms with Crippen LogP contribution in [0.3, 0.4) is 0 Å². The van der Waals surface area contributed by atoms with Crippen LogP contribution in [0.4, 0.5) is 0 Å². The van der Waals surface area contributed by atoms with Crippen LogP contribution in [0.5, 0.6) is 0 Å². The number of ether oxygens (including phenoxy) is 1. The lowest BCUT2D eigenvalue weighted by Gasteiger charge is -2.00. The third-order valence-corrected chi connectivity index (χ3v) is 1.58. The molecule has 0 spiro atoms. The Morgan fingerprint density at radius 1 is 1.54 bits per heavy atom. The van der Waals surface area contributed by atoms with E-state index < -0.39 is 0 Å². The molecule has 0 aromatic carbocycles. The Balaban J connectivity index is 2.71. The molecule has 0 aliphatic carbocycles. The number of nitrogens with zero attached hydrogens (tertiary/aromatic N) is 1. The van der Waals surface area contributed by atoms with E-state index in [0.29, 0.717) is 11.4 Å². The van der Waals surface area contributed by atoms with Crippen LogP contribution in [0, 0.1) is 0 Å². The fourth-order valence-electron chi connectivity index (χ4n) is 0.936. The van der Waals surface area contributed by atoms with Crippen molar-refractivity contribution in [3.05, 3.63) is 29.6 Å². The second kappa shape index (κ2) is 4.57. The maximum absolute atomic E-state index is 10.9. The number of hydrogen-bond donors (Lipinski definition) is 1. The Kier molecular flexibility index (Phi) is 3.40. The zero-order valence-corrected chi connectivity index (χ0v) is 7.36. The van der Waals surface area contributed by atoms with Gasteiger partial charge >= 0.3 is 5.97 Å². The van der Waals surface area contributed by atoms with Gasteiger partial charge in [0, 0.05) is 0 Å². The van der Waals surface area contributed by atoms with Crippen molar-refractivity contribution in [1.82, 2.24) is 4.98 Å². The fourth-order valence-corrected chi connectivity index (χ4v) is 0.936. The van der Waals surface area contributed by atoms with Crippen LogP contribution in [0.25, 0.3) is 0 Å². The van der Waals surface area contributed by atoms with E-state index in [-0.39, 0.29) is 19.0 Å². The molecule has 1 N–H and O–H groups in total. The van der Waals surface area contributed by atoms with Gasteiger partial charge in [0.15, 0.2) is 0 Å². The van der Waals surface area contributed by atoms with Crippen molar-refractivity contribution in [2.75, 3.05) is 7.11 Å². The molecule has 0 unspecified atom stereocenters. The summed E-state index contributed by atoms with van der Waals surface area (Å²) in [5.41, 5.74) is 1.17. The standard InChI is InChI=1S/C9H11NO3/c1-13-9(12)5-7-3-2-4-8(6-11)10-7/h2-4,11H,5-6H2,1H3. The average Bonchev–Trinajstić information content (AvgIpc) is 2.18. The molecule has 0 fully saturated rings. The molecule has 1 rings (SSSR count). The first-order valence-corrected chi connectivity index (χ1v) is 3.88. The van der Waals surface area contributed by atoms with Gasteiger partial charge in [0.2, 0.25) is 0 Å². The number of pyridine rings is 1. The van der Waals surface area contributed by atoms with E-state index in [2.05, 4.69) is 9.72 Å². The Labute approximate surface area is 76.2 Å². The highest BCUT2D eigenvalue weighted by Crippen LogP contribution is 2.00. The van der Waals surface area contributed by atoms with Crippen molar-refractivity contribution in [3.8, 4) is 0 Å². The molecule has 0 radical (unpaired) electrons. The maximum Gasteiger partial charge on any atom is 0.311 e. The van der Waals surface area contributed by atoms with Gasteiger partial charge in [-0.1, -0.05) is 6.07 Å². The number of esters is 1. The Bertz CT molecular complexity index is 299. The van der Waals surface area contributed by atoms with Crippen molar-refractivity contribution < 1.29 is 14.6 Å². The first-order valence-electron chi connectivity index (χ1n) is 3.88. The van der Waals surface area contributed by atoms with Crippen molar-refractivity contribution in [3.63, 3.8) is 0 Å². The largest absolute Gasteiger partial charge is 0.469 e. The minimum absolute atomic E-state index is 0.116. The lowest BCUT2D eigenvalue weighted by atomic mass is 10.2. The minimum atomic E-state index is -0.331. The van der Waals surface area contributed by atoms with E-state index in [0.717, 1.165) is 0 Å². The van der Waals surface area contributed by atoms with Gasteiger partial charge in [-0.3, -0.25) is 9.78 Å². The fraction of sp³-hybridized carbons (Fsp3) is 0.333. The van der Waals surface area contributed by atoms with Crippen LogP contribution in [0.1, 0.15) is 11.4 Å². The molecule has 70 valence electrons. The van der Waals surface area contributed by atoms with Crippen LogP contribution in [0.2, 0.25) is 0 Å². The van der Waals surface area contributed by atoms with E-state index in [1.807, 2.05) is 0 Å². The quantitative estimate of drug-likeness (QED) is 0.681. The summed E-state index contributed by atoms with van der Waals surface area (Å²) in [7, 11) is 1.33. The third-order valence-electron chi connectivity index (χ3n) is 1.58. The Hall–Kier alpha value is -1.42. The predicted molar refractivity (Wildman–Crippen MR) is 45.9 cm³/mol. The summed E-state index contributed by atoms with van der Waals surface area (Å²) in [5, 5.41) is 8.77. The van der Waals surface area contributed by atoms with Crippen LogP contribution in [0.15, 0.2) is 18.2 Å². The number of aliphatic hydroxyl groups is 1. The normalized spacial score (nSPS) is 9.69. The highest BCUT2D eigenvalue weighted by molar-refractivity contribution is 5.71. The lowest BCUT2D eigenvalue weighted by molar-refractivity contribution is -0.139. The molecule has 1 aromatic rings. The molecule has 0 bridgehead atoms. The van der Waals surface area contributed by atoms with Gasteiger partial charge in [0.1, 0.15) is 0 Å². The zero-order valence-electron chi connectivity index (χ0n) is 7.36. The second-order valence-corrected chi connectivity index (χ2v) is 2.53. The second-order valence-electron chi connectivity index (χ2n) is 2.53. The molecule has 0 aliphatic heterocycles. The number of hydrogen-bond acceptors (Lipinski definition) is 4. The minimum Gasteiger partial charge on any atom is -0.469 e. The summed E-state index contributed by atoms with van der Waals surface area (Å²) in [6.07, 6.45) is 0.143. The number of carbonyl (C=O) groups is 1. The zero-order chi connectivity index (χ0) is 9.68. The predicted octanol–water partition coefficient (Wildman–Crippen LogP) is 0.289. The van der Waals surface area contributed by atoms with E-state index >= 15 is 0 Å². The Morgan fingerprint density at radius 2 is 2.23 bits per heavy atom. The maximum atomic E-state index is 10.9. The van der Waals surface area contributed by atoms with E-state index in [1.165, 1.54) is 7.11 Å². The molecule has 0 amide bonds. The number of aromatic nitrogens is 1. The summed E-state index contributed by atoms with van der Waals surface area (Å²) in [4.78, 5) is 14.9. The molecule has 0 atom stereocenters. The molecule has 0 saturated carbocycles. The lowest BCUT2D eigenvalue weighted by Crippen LogP contribution is -2.06. The van der Waals surface area contributed by atoms with Gasteiger partial charge in [0.05, 0.1) is 31.5 Å².